The summed E-state index contributed by atoms with van der Waals surface area (Å²) in [5.41, 5.74) is 3.23. The Hall–Kier alpha value is -3.92. The molecule has 3 fully saturated rings. The van der Waals surface area contributed by atoms with Crippen molar-refractivity contribution in [1.29, 1.82) is 0 Å². The number of carbonyl (C=O) groups is 4. The number of ether oxygens (including phenoxy) is 1. The normalized spacial score (nSPS) is 25.5. The predicted molar refractivity (Wildman–Crippen MR) is 174 cm³/mol. The number of hydrogen-bond acceptors (Lipinski definition) is 6. The molecule has 1 spiro atoms. The highest BCUT2D eigenvalue weighted by Crippen LogP contribution is 2.48. The summed E-state index contributed by atoms with van der Waals surface area (Å²) in [6.07, 6.45) is 5.08. The van der Waals surface area contributed by atoms with Crippen molar-refractivity contribution in [2.24, 2.45) is 17.3 Å². The Labute approximate surface area is 271 Å². The second-order valence-electron chi connectivity index (χ2n) is 13.9. The summed E-state index contributed by atoms with van der Waals surface area (Å²) >= 11 is 0. The maximum atomic E-state index is 13.9. The first-order valence-electron chi connectivity index (χ1n) is 16.9. The summed E-state index contributed by atoms with van der Waals surface area (Å²) in [5.74, 6) is -0.296. The Morgan fingerprint density at radius 3 is 2.61 bits per heavy atom. The average molecular weight is 630 g/mol. The lowest BCUT2D eigenvalue weighted by atomic mass is 9.58. The number of fused-ring (bicyclic) bond motifs is 4. The summed E-state index contributed by atoms with van der Waals surface area (Å²) in [6.45, 7) is 5.88. The molecule has 2 saturated heterocycles. The lowest BCUT2D eigenvalue weighted by Gasteiger charge is -2.53. The van der Waals surface area contributed by atoms with Crippen LogP contribution in [0, 0.1) is 24.2 Å². The zero-order chi connectivity index (χ0) is 32.1. The van der Waals surface area contributed by atoms with Gasteiger partial charge in [-0.25, -0.2) is 0 Å². The lowest BCUT2D eigenvalue weighted by molar-refractivity contribution is -0.141. The maximum Gasteiger partial charge on any atom is 0.243 e. The smallest absolute Gasteiger partial charge is 0.243 e. The van der Waals surface area contributed by atoms with Crippen molar-refractivity contribution in [3.8, 4) is 5.75 Å². The minimum atomic E-state index is -1.07. The van der Waals surface area contributed by atoms with Gasteiger partial charge < -0.3 is 30.9 Å². The maximum absolute atomic E-state index is 13.9. The second kappa shape index (κ2) is 14.2. The molecular weight excluding hydrogens is 582 g/mol. The fourth-order valence-electron chi connectivity index (χ4n) is 7.34. The van der Waals surface area contributed by atoms with E-state index in [1.165, 1.54) is 0 Å². The summed E-state index contributed by atoms with van der Waals surface area (Å²) < 4.78 is 6.12. The van der Waals surface area contributed by atoms with Crippen LogP contribution in [-0.2, 0) is 32.1 Å². The van der Waals surface area contributed by atoms with Crippen LogP contribution in [0.3, 0.4) is 0 Å². The number of amides is 4. The van der Waals surface area contributed by atoms with E-state index in [0.29, 0.717) is 38.5 Å². The molecule has 4 N–H and O–H groups in total. The zero-order valence-corrected chi connectivity index (χ0v) is 26.8. The van der Waals surface area contributed by atoms with Gasteiger partial charge in [-0.15, -0.1) is 0 Å². The van der Waals surface area contributed by atoms with Gasteiger partial charge in [0.15, 0.2) is 0 Å². The first kappa shape index (κ1) is 32.0. The lowest BCUT2D eigenvalue weighted by Crippen LogP contribution is -2.63. The molecule has 10 nitrogen and oxygen atoms in total. The van der Waals surface area contributed by atoms with Gasteiger partial charge >= 0.3 is 0 Å². The van der Waals surface area contributed by atoms with Crippen molar-refractivity contribution < 1.29 is 23.9 Å². The highest BCUT2D eigenvalue weighted by Gasteiger charge is 2.51. The van der Waals surface area contributed by atoms with E-state index in [4.69, 9.17) is 4.74 Å². The van der Waals surface area contributed by atoms with Gasteiger partial charge in [-0.3, -0.25) is 19.2 Å². The Morgan fingerprint density at radius 2 is 1.85 bits per heavy atom. The van der Waals surface area contributed by atoms with Crippen molar-refractivity contribution in [2.45, 2.75) is 76.9 Å². The summed E-state index contributed by atoms with van der Waals surface area (Å²) in [6, 6.07) is 13.8. The molecule has 4 amide bonds. The molecule has 0 radical (unpaired) electrons. The Morgan fingerprint density at radius 1 is 1.04 bits per heavy atom. The summed E-state index contributed by atoms with van der Waals surface area (Å²) in [5, 5.41) is 12.2. The van der Waals surface area contributed by atoms with Crippen LogP contribution in [0.15, 0.2) is 48.5 Å². The van der Waals surface area contributed by atoms with Gasteiger partial charge in [0, 0.05) is 38.6 Å². The third-order valence-corrected chi connectivity index (χ3v) is 10.4. The molecule has 4 bridgehead atoms. The van der Waals surface area contributed by atoms with Crippen molar-refractivity contribution in [3.63, 3.8) is 0 Å². The van der Waals surface area contributed by atoms with Gasteiger partial charge in [-0.1, -0.05) is 36.4 Å². The van der Waals surface area contributed by atoms with Crippen molar-refractivity contribution >= 4 is 23.6 Å². The third kappa shape index (κ3) is 7.71. The number of benzene rings is 2. The van der Waals surface area contributed by atoms with E-state index >= 15 is 0 Å². The quantitative estimate of drug-likeness (QED) is 0.403. The van der Waals surface area contributed by atoms with Gasteiger partial charge in [0.2, 0.25) is 23.6 Å². The van der Waals surface area contributed by atoms with Gasteiger partial charge in [0.1, 0.15) is 17.8 Å². The number of piperidine rings is 1. The van der Waals surface area contributed by atoms with Crippen LogP contribution in [0.4, 0.5) is 0 Å². The van der Waals surface area contributed by atoms with Crippen molar-refractivity contribution in [3.05, 3.63) is 65.2 Å². The van der Waals surface area contributed by atoms with Crippen molar-refractivity contribution in [2.75, 3.05) is 32.8 Å². The summed E-state index contributed by atoms with van der Waals surface area (Å²) in [4.78, 5) is 56.4. The van der Waals surface area contributed by atoms with Gasteiger partial charge in [0.25, 0.3) is 0 Å². The summed E-state index contributed by atoms with van der Waals surface area (Å²) in [7, 11) is 0. The molecular formula is C36H47N5O5. The molecule has 10 heteroatoms. The number of aryl methyl sites for hydroxylation is 2. The molecule has 1 aliphatic carbocycles. The van der Waals surface area contributed by atoms with E-state index < -0.39 is 18.0 Å². The molecule has 1 saturated carbocycles. The molecule has 3 atom stereocenters. The number of nitrogens with one attached hydrogen (secondary N) is 4. The molecule has 3 heterocycles. The second-order valence-corrected chi connectivity index (χ2v) is 13.9. The molecule has 46 heavy (non-hydrogen) atoms. The largest absolute Gasteiger partial charge is 0.494 e. The van der Waals surface area contributed by atoms with E-state index in [0.717, 1.165) is 67.6 Å². The third-order valence-electron chi connectivity index (χ3n) is 10.4. The van der Waals surface area contributed by atoms with Crippen LogP contribution in [-0.4, -0.2) is 73.4 Å². The van der Waals surface area contributed by atoms with E-state index in [2.05, 4.69) is 21.3 Å². The minimum Gasteiger partial charge on any atom is -0.494 e. The van der Waals surface area contributed by atoms with E-state index in [1.54, 1.807) is 0 Å². The number of carbonyl (C=O) groups excluding carboxylic acids is 4. The Kier molecular flexibility index (Phi) is 9.92. The SMILES string of the molecule is Cc1ccc2cc1CNC(=O)[C@H](CCc1ccccc1)NC(=O)[C@@H](NC(=O)C1CC3(CNC3)C1)CC(=O)N1CCCC(CCO2)C1. The highest BCUT2D eigenvalue weighted by molar-refractivity contribution is 5.95. The zero-order valence-electron chi connectivity index (χ0n) is 26.8. The fraction of sp³-hybridized carbons (Fsp3) is 0.556. The minimum absolute atomic E-state index is 0.142. The number of hydrogen-bond donors (Lipinski definition) is 4. The molecule has 1 unspecified atom stereocenters. The van der Waals surface area contributed by atoms with Gasteiger partial charge in [-0.2, -0.15) is 0 Å². The molecule has 4 aliphatic rings. The van der Waals surface area contributed by atoms with Crippen LogP contribution in [0.25, 0.3) is 0 Å². The predicted octanol–water partition coefficient (Wildman–Crippen LogP) is 2.62. The topological polar surface area (TPSA) is 129 Å². The average Bonchev–Trinajstić information content (AvgIpc) is 3.01. The Bertz CT molecular complexity index is 1420. The number of rotatable bonds is 5. The standard InChI is InChI=1S/C36H47N5O5/c1-24-9-11-29-16-27(24)20-38-34(44)30(12-10-25-6-3-2-4-7-25)39-35(45)31(40-33(43)28-18-36(19-28)22-37-23-36)17-32(42)41-14-5-8-26(21-41)13-15-46-29/h2-4,6-7,9,11,16,26,28,30-31,37H,5,8,10,12-15,17-23H2,1H3,(H,38,44)(H,39,45)(H,40,43)/t26?,30-,31-/m0/s1. The van der Waals surface area contributed by atoms with E-state index in [9.17, 15) is 19.2 Å². The first-order chi connectivity index (χ1) is 22.3. The van der Waals surface area contributed by atoms with Crippen molar-refractivity contribution in [1.82, 2.24) is 26.2 Å². The molecule has 2 aromatic rings. The number of nitrogens with zero attached hydrogens (tertiary/aromatic N) is 1. The van der Waals surface area contributed by atoms with Gasteiger partial charge in [-0.05, 0) is 92.0 Å². The van der Waals surface area contributed by atoms with Crippen LogP contribution >= 0.6 is 0 Å². The van der Waals surface area contributed by atoms with E-state index in [1.807, 2.05) is 60.4 Å². The van der Waals surface area contributed by atoms with E-state index in [-0.39, 0.29) is 42.0 Å². The van der Waals surface area contributed by atoms with Crippen LogP contribution in [0.5, 0.6) is 5.75 Å². The molecule has 2 aromatic carbocycles. The molecule has 3 aliphatic heterocycles. The highest BCUT2D eigenvalue weighted by atomic mass is 16.5. The van der Waals surface area contributed by atoms with Crippen LogP contribution in [0.1, 0.15) is 61.6 Å². The van der Waals surface area contributed by atoms with Crippen LogP contribution in [0.2, 0.25) is 0 Å². The van der Waals surface area contributed by atoms with Gasteiger partial charge in [0.05, 0.1) is 13.0 Å². The van der Waals surface area contributed by atoms with Crippen LogP contribution < -0.4 is 26.0 Å². The molecule has 0 aromatic heterocycles. The monoisotopic (exact) mass is 629 g/mol. The first-order valence-corrected chi connectivity index (χ1v) is 16.9. The molecule has 246 valence electrons. The Balaban J connectivity index is 1.23. The molecule has 6 rings (SSSR count). The fourth-order valence-corrected chi connectivity index (χ4v) is 7.34.